The van der Waals surface area contributed by atoms with Crippen LogP contribution in [0.4, 0.5) is 8.78 Å². The lowest BCUT2D eigenvalue weighted by atomic mass is 10.0. The molecule has 8 heteroatoms. The molecule has 4 rings (SSSR count). The maximum absolute atomic E-state index is 13.3. The van der Waals surface area contributed by atoms with Gasteiger partial charge in [0.15, 0.2) is 5.82 Å². The molecule has 0 amide bonds. The lowest BCUT2D eigenvalue weighted by molar-refractivity contribution is 0.0443. The third-order valence-corrected chi connectivity index (χ3v) is 4.67. The Kier molecular flexibility index (Phi) is 3.78. The van der Waals surface area contributed by atoms with Crippen LogP contribution in [-0.4, -0.2) is 50.3 Å². The molecule has 1 N–H and O–H groups in total. The summed E-state index contributed by atoms with van der Waals surface area (Å²) in [4.78, 5) is 2.22. The van der Waals surface area contributed by atoms with Crippen molar-refractivity contribution in [2.45, 2.75) is 37.5 Å². The van der Waals surface area contributed by atoms with E-state index in [9.17, 15) is 8.78 Å². The SMILES string of the molecule is FC(F)n1nnnc1C(c1ccccc1)N1CC2CCC(C1)N2. The predicted molar refractivity (Wildman–Crippen MR) is 78.9 cm³/mol. The van der Waals surface area contributed by atoms with Gasteiger partial charge in [-0.15, -0.1) is 5.10 Å². The van der Waals surface area contributed by atoms with Crippen LogP contribution in [0.15, 0.2) is 30.3 Å². The van der Waals surface area contributed by atoms with Crippen molar-refractivity contribution in [3.63, 3.8) is 0 Å². The number of nitrogens with one attached hydrogen (secondary N) is 1. The summed E-state index contributed by atoms with van der Waals surface area (Å²) in [6.45, 7) is -1.12. The molecule has 2 bridgehead atoms. The number of halogens is 2. The highest BCUT2D eigenvalue weighted by Gasteiger charge is 2.38. The molecule has 122 valence electrons. The van der Waals surface area contributed by atoms with Crippen molar-refractivity contribution in [1.29, 1.82) is 0 Å². The van der Waals surface area contributed by atoms with Gasteiger partial charge in [0.25, 0.3) is 0 Å². The van der Waals surface area contributed by atoms with E-state index in [-0.39, 0.29) is 11.9 Å². The quantitative estimate of drug-likeness (QED) is 0.927. The second-order valence-corrected chi connectivity index (χ2v) is 6.16. The number of aromatic nitrogens is 4. The topological polar surface area (TPSA) is 58.9 Å². The fraction of sp³-hybridized carbons (Fsp3) is 0.533. The molecule has 0 radical (unpaired) electrons. The molecule has 23 heavy (non-hydrogen) atoms. The Labute approximate surface area is 132 Å². The van der Waals surface area contributed by atoms with Crippen molar-refractivity contribution in [3.05, 3.63) is 41.7 Å². The smallest absolute Gasteiger partial charge is 0.309 e. The zero-order valence-corrected chi connectivity index (χ0v) is 12.5. The Morgan fingerprint density at radius 3 is 2.43 bits per heavy atom. The number of alkyl halides is 2. The van der Waals surface area contributed by atoms with Crippen LogP contribution < -0.4 is 5.32 Å². The summed E-state index contributed by atoms with van der Waals surface area (Å²) in [6.07, 6.45) is 2.25. The zero-order valence-electron chi connectivity index (χ0n) is 12.5. The van der Waals surface area contributed by atoms with Crippen LogP contribution in [0.3, 0.4) is 0 Å². The highest BCUT2D eigenvalue weighted by molar-refractivity contribution is 5.25. The summed E-state index contributed by atoms with van der Waals surface area (Å²) in [5, 5.41) is 14.4. The molecule has 6 nitrogen and oxygen atoms in total. The van der Waals surface area contributed by atoms with Crippen molar-refractivity contribution in [1.82, 2.24) is 30.4 Å². The monoisotopic (exact) mass is 320 g/mol. The third kappa shape index (κ3) is 2.72. The Morgan fingerprint density at radius 1 is 1.09 bits per heavy atom. The summed E-state index contributed by atoms with van der Waals surface area (Å²) >= 11 is 0. The number of hydrogen-bond donors (Lipinski definition) is 1. The van der Waals surface area contributed by atoms with Gasteiger partial charge >= 0.3 is 6.55 Å². The van der Waals surface area contributed by atoms with Crippen molar-refractivity contribution >= 4 is 0 Å². The number of benzene rings is 1. The molecule has 0 aliphatic carbocycles. The van der Waals surface area contributed by atoms with Gasteiger partial charge in [-0.05, 0) is 28.8 Å². The van der Waals surface area contributed by atoms with E-state index in [0.29, 0.717) is 16.8 Å². The van der Waals surface area contributed by atoms with E-state index >= 15 is 0 Å². The van der Waals surface area contributed by atoms with Gasteiger partial charge in [0, 0.05) is 25.2 Å². The van der Waals surface area contributed by atoms with Crippen LogP contribution in [0.5, 0.6) is 0 Å². The molecule has 0 spiro atoms. The Hall–Kier alpha value is -1.93. The Morgan fingerprint density at radius 2 is 1.78 bits per heavy atom. The van der Waals surface area contributed by atoms with Crippen LogP contribution in [0.2, 0.25) is 0 Å². The number of likely N-dealkylation sites (tertiary alicyclic amines) is 1. The summed E-state index contributed by atoms with van der Waals surface area (Å²) < 4.78 is 27.1. The number of fused-ring (bicyclic) bond motifs is 2. The van der Waals surface area contributed by atoms with Crippen LogP contribution in [0, 0.1) is 0 Å². The first-order chi connectivity index (χ1) is 11.2. The lowest BCUT2D eigenvalue weighted by Crippen LogP contribution is -2.52. The van der Waals surface area contributed by atoms with E-state index in [1.165, 1.54) is 0 Å². The molecule has 0 saturated carbocycles. The lowest BCUT2D eigenvalue weighted by Gasteiger charge is -2.38. The first kappa shape index (κ1) is 14.6. The molecular weight excluding hydrogens is 302 g/mol. The minimum atomic E-state index is -2.74. The molecule has 2 saturated heterocycles. The van der Waals surface area contributed by atoms with E-state index in [1.807, 2.05) is 30.3 Å². The van der Waals surface area contributed by atoms with Gasteiger partial charge in [0.2, 0.25) is 0 Å². The molecule has 2 aliphatic rings. The van der Waals surface area contributed by atoms with Gasteiger partial charge in [-0.1, -0.05) is 30.3 Å². The third-order valence-electron chi connectivity index (χ3n) is 4.67. The van der Waals surface area contributed by atoms with Crippen molar-refractivity contribution in [2.75, 3.05) is 13.1 Å². The summed E-state index contributed by atoms with van der Waals surface area (Å²) in [7, 11) is 0. The minimum absolute atomic E-state index is 0.201. The second kappa shape index (κ2) is 5.93. The van der Waals surface area contributed by atoms with E-state index in [4.69, 9.17) is 0 Å². The summed E-state index contributed by atoms with van der Waals surface area (Å²) in [5.41, 5.74) is 0.936. The fourth-order valence-corrected chi connectivity index (χ4v) is 3.72. The zero-order chi connectivity index (χ0) is 15.8. The van der Waals surface area contributed by atoms with E-state index in [2.05, 4.69) is 25.7 Å². The van der Waals surface area contributed by atoms with Gasteiger partial charge in [-0.2, -0.15) is 13.5 Å². The summed E-state index contributed by atoms with van der Waals surface area (Å²) in [5.74, 6) is 0.201. The predicted octanol–water partition coefficient (Wildman–Crippen LogP) is 1.59. The number of nitrogens with zero attached hydrogens (tertiary/aromatic N) is 5. The molecule has 1 aromatic heterocycles. The number of piperazine rings is 1. The number of hydrogen-bond acceptors (Lipinski definition) is 5. The highest BCUT2D eigenvalue weighted by atomic mass is 19.3. The average Bonchev–Trinajstić information content (AvgIpc) is 3.16. The van der Waals surface area contributed by atoms with E-state index < -0.39 is 6.55 Å². The normalized spacial score (nSPS) is 25.9. The number of tetrazole rings is 1. The first-order valence-corrected chi connectivity index (χ1v) is 7.83. The fourth-order valence-electron chi connectivity index (χ4n) is 3.72. The summed E-state index contributed by atoms with van der Waals surface area (Å²) in [6, 6.07) is 10.1. The van der Waals surface area contributed by atoms with Crippen LogP contribution >= 0.6 is 0 Å². The molecule has 3 atom stereocenters. The number of rotatable bonds is 4. The molecular formula is C15H18F2N6. The highest BCUT2D eigenvalue weighted by Crippen LogP contribution is 2.33. The molecule has 1 aromatic carbocycles. The maximum Gasteiger partial charge on any atom is 0.336 e. The molecule has 2 fully saturated rings. The van der Waals surface area contributed by atoms with Crippen molar-refractivity contribution < 1.29 is 8.78 Å². The van der Waals surface area contributed by atoms with Gasteiger partial charge in [0.05, 0.1) is 6.04 Å². The molecule has 2 aliphatic heterocycles. The molecule has 3 heterocycles. The van der Waals surface area contributed by atoms with Crippen molar-refractivity contribution in [2.24, 2.45) is 0 Å². The first-order valence-electron chi connectivity index (χ1n) is 7.83. The van der Waals surface area contributed by atoms with E-state index in [1.54, 1.807) is 0 Å². The standard InChI is InChI=1S/C15H18F2N6/c16-15(17)23-14(19-20-21-23)13(10-4-2-1-3-5-10)22-8-11-6-7-12(9-22)18-11/h1-5,11-13,15,18H,6-9H2. The second-order valence-electron chi connectivity index (χ2n) is 6.16. The van der Waals surface area contributed by atoms with Gasteiger partial charge in [-0.25, -0.2) is 0 Å². The van der Waals surface area contributed by atoms with Gasteiger partial charge < -0.3 is 5.32 Å². The maximum atomic E-state index is 13.3. The van der Waals surface area contributed by atoms with Crippen molar-refractivity contribution in [3.8, 4) is 0 Å². The average molecular weight is 320 g/mol. The molecule has 2 aromatic rings. The van der Waals surface area contributed by atoms with Gasteiger partial charge in [0.1, 0.15) is 0 Å². The van der Waals surface area contributed by atoms with Crippen LogP contribution in [0.1, 0.15) is 36.8 Å². The van der Waals surface area contributed by atoms with Gasteiger partial charge in [-0.3, -0.25) is 4.90 Å². The minimum Gasteiger partial charge on any atom is -0.309 e. The van der Waals surface area contributed by atoms with Crippen LogP contribution in [0.25, 0.3) is 0 Å². The molecule has 3 unspecified atom stereocenters. The Bertz CT molecular complexity index is 649. The Balaban J connectivity index is 1.74. The van der Waals surface area contributed by atoms with Crippen LogP contribution in [-0.2, 0) is 0 Å². The van der Waals surface area contributed by atoms with E-state index in [0.717, 1.165) is 31.5 Å². The largest absolute Gasteiger partial charge is 0.336 e.